The zero-order valence-corrected chi connectivity index (χ0v) is 12.4. The molecule has 4 heteroatoms. The Morgan fingerprint density at radius 3 is 2.15 bits per heavy atom. The summed E-state index contributed by atoms with van der Waals surface area (Å²) in [5.41, 5.74) is 0.750. The molecule has 0 aliphatic heterocycles. The van der Waals surface area contributed by atoms with Crippen molar-refractivity contribution in [2.45, 2.75) is 33.1 Å². The number of nitrogens with zero attached hydrogens (tertiary/aromatic N) is 1. The van der Waals surface area contributed by atoms with E-state index in [0.717, 1.165) is 5.56 Å². The van der Waals surface area contributed by atoms with Gasteiger partial charge < -0.3 is 10.0 Å². The normalized spacial score (nSPS) is 13.6. The molecule has 0 saturated carbocycles. The molecule has 4 nitrogen and oxygen atoms in total. The van der Waals surface area contributed by atoms with Crippen LogP contribution in [0.5, 0.6) is 0 Å². The van der Waals surface area contributed by atoms with Gasteiger partial charge in [-0.3, -0.25) is 9.59 Å². The maximum atomic E-state index is 12.1. The molecule has 2 atom stereocenters. The lowest BCUT2D eigenvalue weighted by Gasteiger charge is -2.24. The Hall–Kier alpha value is -1.84. The summed E-state index contributed by atoms with van der Waals surface area (Å²) in [5.74, 6) is -1.74. The monoisotopic (exact) mass is 277 g/mol. The first-order chi connectivity index (χ1) is 9.51. The molecule has 1 amide bonds. The fraction of sp³-hybridized carbons (Fsp3) is 0.500. The standard InChI is InChI=1S/C16H23NO3/c1-4-17(5-2)14(18)11-12(3)15(16(19)20)13-9-7-6-8-10-13/h6-10,12,15H,4-5,11H2,1-3H3,(H,19,20). The van der Waals surface area contributed by atoms with Gasteiger partial charge in [0.2, 0.25) is 5.91 Å². The van der Waals surface area contributed by atoms with Gasteiger partial charge in [-0.1, -0.05) is 37.3 Å². The molecule has 1 rings (SSSR count). The van der Waals surface area contributed by atoms with E-state index >= 15 is 0 Å². The molecular weight excluding hydrogens is 254 g/mol. The predicted octanol–water partition coefficient (Wildman–Crippen LogP) is 2.75. The van der Waals surface area contributed by atoms with Gasteiger partial charge in [0.25, 0.3) is 0 Å². The lowest BCUT2D eigenvalue weighted by molar-refractivity contribution is -0.140. The third-order valence-corrected chi connectivity index (χ3v) is 3.61. The van der Waals surface area contributed by atoms with Gasteiger partial charge in [-0.25, -0.2) is 0 Å². The Bertz CT molecular complexity index is 440. The SMILES string of the molecule is CCN(CC)C(=O)CC(C)C(C(=O)O)c1ccccc1. The quantitative estimate of drug-likeness (QED) is 0.833. The van der Waals surface area contributed by atoms with Crippen molar-refractivity contribution in [3.05, 3.63) is 35.9 Å². The van der Waals surface area contributed by atoms with Gasteiger partial charge >= 0.3 is 5.97 Å². The van der Waals surface area contributed by atoms with Crippen LogP contribution in [0.15, 0.2) is 30.3 Å². The summed E-state index contributed by atoms with van der Waals surface area (Å²) < 4.78 is 0. The molecular formula is C16H23NO3. The third-order valence-electron chi connectivity index (χ3n) is 3.61. The average Bonchev–Trinajstić information content (AvgIpc) is 2.40. The summed E-state index contributed by atoms with van der Waals surface area (Å²) >= 11 is 0. The minimum atomic E-state index is -0.879. The van der Waals surface area contributed by atoms with Crippen molar-refractivity contribution in [1.82, 2.24) is 4.90 Å². The predicted molar refractivity (Wildman–Crippen MR) is 78.5 cm³/mol. The van der Waals surface area contributed by atoms with E-state index < -0.39 is 11.9 Å². The maximum absolute atomic E-state index is 12.1. The average molecular weight is 277 g/mol. The van der Waals surface area contributed by atoms with Crippen LogP contribution < -0.4 is 0 Å². The van der Waals surface area contributed by atoms with Crippen molar-refractivity contribution in [1.29, 1.82) is 0 Å². The van der Waals surface area contributed by atoms with Crippen molar-refractivity contribution < 1.29 is 14.7 Å². The highest BCUT2D eigenvalue weighted by atomic mass is 16.4. The summed E-state index contributed by atoms with van der Waals surface area (Å²) in [6.07, 6.45) is 0.257. The highest BCUT2D eigenvalue weighted by Crippen LogP contribution is 2.27. The fourth-order valence-corrected chi connectivity index (χ4v) is 2.47. The van der Waals surface area contributed by atoms with E-state index in [1.165, 1.54) is 0 Å². The molecule has 1 aromatic rings. The van der Waals surface area contributed by atoms with E-state index in [1.54, 1.807) is 17.0 Å². The van der Waals surface area contributed by atoms with E-state index in [2.05, 4.69) is 0 Å². The summed E-state index contributed by atoms with van der Waals surface area (Å²) in [4.78, 5) is 25.4. The maximum Gasteiger partial charge on any atom is 0.311 e. The third kappa shape index (κ3) is 4.08. The van der Waals surface area contributed by atoms with Crippen molar-refractivity contribution in [2.75, 3.05) is 13.1 Å². The van der Waals surface area contributed by atoms with Crippen LogP contribution in [0.1, 0.15) is 38.7 Å². The molecule has 0 aliphatic rings. The molecule has 0 aliphatic carbocycles. The lowest BCUT2D eigenvalue weighted by atomic mass is 9.85. The molecule has 20 heavy (non-hydrogen) atoms. The lowest BCUT2D eigenvalue weighted by Crippen LogP contribution is -2.33. The second-order valence-electron chi connectivity index (χ2n) is 4.97. The fourth-order valence-electron chi connectivity index (χ4n) is 2.47. The summed E-state index contributed by atoms with van der Waals surface area (Å²) in [7, 11) is 0. The van der Waals surface area contributed by atoms with Crippen LogP contribution in [-0.2, 0) is 9.59 Å². The Balaban J connectivity index is 2.83. The number of hydrogen-bond acceptors (Lipinski definition) is 2. The molecule has 0 heterocycles. The Morgan fingerprint density at radius 2 is 1.70 bits per heavy atom. The number of benzene rings is 1. The minimum absolute atomic E-state index is 0.0182. The Kier molecular flexibility index (Phi) is 6.22. The number of carboxylic acids is 1. The highest BCUT2D eigenvalue weighted by Gasteiger charge is 2.28. The van der Waals surface area contributed by atoms with Crippen LogP contribution in [-0.4, -0.2) is 35.0 Å². The van der Waals surface area contributed by atoms with E-state index in [-0.39, 0.29) is 18.2 Å². The Labute approximate surface area is 120 Å². The van der Waals surface area contributed by atoms with Crippen LogP contribution in [0.4, 0.5) is 0 Å². The van der Waals surface area contributed by atoms with Gasteiger partial charge in [0.15, 0.2) is 0 Å². The van der Waals surface area contributed by atoms with Crippen LogP contribution >= 0.6 is 0 Å². The molecule has 1 N–H and O–H groups in total. The first kappa shape index (κ1) is 16.2. The number of carbonyl (C=O) groups is 2. The van der Waals surface area contributed by atoms with Gasteiger partial charge in [0.05, 0.1) is 5.92 Å². The second kappa shape index (κ2) is 7.68. The Morgan fingerprint density at radius 1 is 1.15 bits per heavy atom. The van der Waals surface area contributed by atoms with Crippen molar-refractivity contribution in [3.63, 3.8) is 0 Å². The van der Waals surface area contributed by atoms with Gasteiger partial charge in [0, 0.05) is 19.5 Å². The molecule has 0 fully saturated rings. The highest BCUT2D eigenvalue weighted by molar-refractivity contribution is 5.80. The largest absolute Gasteiger partial charge is 0.481 e. The molecule has 0 aromatic heterocycles. The summed E-state index contributed by atoms with van der Waals surface area (Å²) in [6.45, 7) is 7.00. The summed E-state index contributed by atoms with van der Waals surface area (Å²) in [5, 5.41) is 9.44. The number of hydrogen-bond donors (Lipinski definition) is 1. The molecule has 1 aromatic carbocycles. The minimum Gasteiger partial charge on any atom is -0.481 e. The number of aliphatic carboxylic acids is 1. The van der Waals surface area contributed by atoms with E-state index in [1.807, 2.05) is 39.0 Å². The zero-order chi connectivity index (χ0) is 15.1. The van der Waals surface area contributed by atoms with Gasteiger partial charge in [-0.2, -0.15) is 0 Å². The van der Waals surface area contributed by atoms with Crippen LogP contribution in [0, 0.1) is 5.92 Å². The zero-order valence-electron chi connectivity index (χ0n) is 12.4. The van der Waals surface area contributed by atoms with Crippen molar-refractivity contribution in [3.8, 4) is 0 Å². The van der Waals surface area contributed by atoms with Crippen LogP contribution in [0.3, 0.4) is 0 Å². The van der Waals surface area contributed by atoms with Crippen LogP contribution in [0.25, 0.3) is 0 Å². The van der Waals surface area contributed by atoms with Crippen molar-refractivity contribution in [2.24, 2.45) is 5.92 Å². The first-order valence-corrected chi connectivity index (χ1v) is 7.06. The second-order valence-corrected chi connectivity index (χ2v) is 4.97. The molecule has 110 valence electrons. The molecule has 0 radical (unpaired) electrons. The van der Waals surface area contributed by atoms with Gasteiger partial charge in [0.1, 0.15) is 0 Å². The topological polar surface area (TPSA) is 57.6 Å². The van der Waals surface area contributed by atoms with Gasteiger partial charge in [-0.15, -0.1) is 0 Å². The first-order valence-electron chi connectivity index (χ1n) is 7.06. The van der Waals surface area contributed by atoms with E-state index in [4.69, 9.17) is 0 Å². The van der Waals surface area contributed by atoms with E-state index in [0.29, 0.717) is 13.1 Å². The number of rotatable bonds is 7. The van der Waals surface area contributed by atoms with E-state index in [9.17, 15) is 14.7 Å². The molecule has 0 bridgehead atoms. The molecule has 0 spiro atoms. The molecule has 0 saturated heterocycles. The number of carbonyl (C=O) groups excluding carboxylic acids is 1. The molecule has 2 unspecified atom stereocenters. The van der Waals surface area contributed by atoms with Crippen LogP contribution in [0.2, 0.25) is 0 Å². The van der Waals surface area contributed by atoms with Crippen molar-refractivity contribution >= 4 is 11.9 Å². The van der Waals surface area contributed by atoms with Gasteiger partial charge in [-0.05, 0) is 25.3 Å². The smallest absolute Gasteiger partial charge is 0.311 e. The number of carboxylic acid groups (broad SMARTS) is 1. The summed E-state index contributed by atoms with van der Waals surface area (Å²) in [6, 6.07) is 9.11. The number of amides is 1.